The van der Waals surface area contributed by atoms with Gasteiger partial charge < -0.3 is 19.9 Å². The van der Waals surface area contributed by atoms with Crippen molar-refractivity contribution in [2.75, 3.05) is 13.6 Å². The van der Waals surface area contributed by atoms with Crippen molar-refractivity contribution in [1.29, 1.82) is 0 Å². The summed E-state index contributed by atoms with van der Waals surface area (Å²) < 4.78 is 0. The van der Waals surface area contributed by atoms with Gasteiger partial charge in [-0.3, -0.25) is 10.1 Å². The van der Waals surface area contributed by atoms with Crippen LogP contribution in [0.15, 0.2) is 51.6 Å². The van der Waals surface area contributed by atoms with E-state index in [1.165, 1.54) is 4.90 Å². The highest BCUT2D eigenvalue weighted by Crippen LogP contribution is 2.35. The number of hydrogen-bond acceptors (Lipinski definition) is 7. The number of hydrogen-bond donors (Lipinski definition) is 3. The van der Waals surface area contributed by atoms with Gasteiger partial charge in [-0.2, -0.15) is 0 Å². The first-order valence-electron chi connectivity index (χ1n) is 8.64. The molecule has 2 atom stereocenters. The predicted octanol–water partition coefficient (Wildman–Crippen LogP) is 2.08. The molecule has 1 saturated heterocycles. The van der Waals surface area contributed by atoms with Gasteiger partial charge >= 0.3 is 6.03 Å². The fourth-order valence-corrected chi connectivity index (χ4v) is 3.36. The van der Waals surface area contributed by atoms with Gasteiger partial charge in [0.05, 0.1) is 5.52 Å². The average Bonchev–Trinajstić information content (AvgIpc) is 3.15. The van der Waals surface area contributed by atoms with E-state index in [1.54, 1.807) is 11.9 Å². The number of likely N-dealkylation sites (N-methyl/N-ethyl adjacent to an activating group) is 1. The fraction of sp³-hybridized carbons (Fsp3) is 0.278. The molecule has 1 aromatic heterocycles. The summed E-state index contributed by atoms with van der Waals surface area (Å²) in [6.45, 7) is 6.04. The van der Waals surface area contributed by atoms with Crippen LogP contribution in [0.4, 0.5) is 10.5 Å². The van der Waals surface area contributed by atoms with E-state index in [9.17, 15) is 14.7 Å². The van der Waals surface area contributed by atoms with E-state index in [4.69, 9.17) is 0 Å². The number of H-pyrrole nitrogens is 1. The summed E-state index contributed by atoms with van der Waals surface area (Å²) in [6.07, 6.45) is -0.703. The molecular formula is C18H19N7O3. The number of aromatic amines is 1. The molecule has 2 aromatic rings. The molecule has 3 N–H and O–H groups in total. The highest BCUT2D eigenvalue weighted by molar-refractivity contribution is 6.04. The summed E-state index contributed by atoms with van der Waals surface area (Å²) in [7, 11) is 1.56. The van der Waals surface area contributed by atoms with Gasteiger partial charge in [0.2, 0.25) is 11.8 Å². The van der Waals surface area contributed by atoms with Gasteiger partial charge in [0.1, 0.15) is 0 Å². The van der Waals surface area contributed by atoms with Crippen LogP contribution in [-0.4, -0.2) is 63.6 Å². The van der Waals surface area contributed by atoms with Crippen molar-refractivity contribution in [3.8, 4) is 5.88 Å². The van der Waals surface area contributed by atoms with Crippen LogP contribution >= 0.6 is 0 Å². The standard InChI is InChI=1S/C18H19N7O3/c1-9(2)8-25-13-14(24(3)18(28)21-16(13)27)20-17(25)23-22-12-10-6-4-5-7-11(10)19-15(12)26/h4-7,13-14,19,26H,1,8H2,2-3H3,(H,21,27,28). The van der Waals surface area contributed by atoms with E-state index in [-0.39, 0.29) is 17.5 Å². The number of carbonyl (C=O) groups excluding carboxylic acids is 2. The lowest BCUT2D eigenvalue weighted by Crippen LogP contribution is -2.63. The largest absolute Gasteiger partial charge is 0.493 e. The van der Waals surface area contributed by atoms with Crippen LogP contribution < -0.4 is 5.32 Å². The number of benzene rings is 1. The van der Waals surface area contributed by atoms with Crippen LogP contribution in [0, 0.1) is 0 Å². The van der Waals surface area contributed by atoms with Gasteiger partial charge in [-0.1, -0.05) is 30.4 Å². The summed E-state index contributed by atoms with van der Waals surface area (Å²) in [5, 5.41) is 21.5. The number of rotatable bonds is 3. The summed E-state index contributed by atoms with van der Waals surface area (Å²) in [4.78, 5) is 34.6. The van der Waals surface area contributed by atoms with Crippen molar-refractivity contribution in [1.82, 2.24) is 20.1 Å². The highest BCUT2D eigenvalue weighted by atomic mass is 16.3. The maximum absolute atomic E-state index is 12.4. The Morgan fingerprint density at radius 2 is 2.07 bits per heavy atom. The van der Waals surface area contributed by atoms with E-state index in [0.717, 1.165) is 11.1 Å². The Kier molecular flexibility index (Phi) is 4.10. The number of azo groups is 1. The van der Waals surface area contributed by atoms with E-state index < -0.39 is 24.1 Å². The fourth-order valence-electron chi connectivity index (χ4n) is 3.36. The van der Waals surface area contributed by atoms with Crippen LogP contribution in [0.1, 0.15) is 6.92 Å². The quantitative estimate of drug-likeness (QED) is 0.556. The molecule has 0 spiro atoms. The van der Waals surface area contributed by atoms with Crippen molar-refractivity contribution in [2.45, 2.75) is 19.1 Å². The second kappa shape index (κ2) is 6.48. The van der Waals surface area contributed by atoms with E-state index in [0.29, 0.717) is 11.9 Å². The van der Waals surface area contributed by atoms with Crippen molar-refractivity contribution < 1.29 is 14.7 Å². The lowest BCUT2D eigenvalue weighted by atomic mass is 10.1. The number of nitrogens with zero attached hydrogens (tertiary/aromatic N) is 5. The number of aliphatic imine (C=N–C) groups is 1. The second-order valence-electron chi connectivity index (χ2n) is 6.85. The van der Waals surface area contributed by atoms with Gasteiger partial charge in [-0.25, -0.2) is 9.79 Å². The van der Waals surface area contributed by atoms with Crippen LogP contribution in [-0.2, 0) is 4.79 Å². The lowest BCUT2D eigenvalue weighted by molar-refractivity contribution is -0.126. The molecule has 0 bridgehead atoms. The number of fused-ring (bicyclic) bond motifs is 2. The Balaban J connectivity index is 1.73. The van der Waals surface area contributed by atoms with Gasteiger partial charge in [0.15, 0.2) is 17.9 Å². The molecule has 1 fully saturated rings. The minimum absolute atomic E-state index is 0.113. The van der Waals surface area contributed by atoms with E-state index in [2.05, 4.69) is 32.1 Å². The molecular weight excluding hydrogens is 362 g/mol. The van der Waals surface area contributed by atoms with Crippen LogP contribution in [0.5, 0.6) is 5.88 Å². The van der Waals surface area contributed by atoms with Crippen LogP contribution in [0.3, 0.4) is 0 Å². The number of aromatic nitrogens is 1. The van der Waals surface area contributed by atoms with Gasteiger partial charge in [-0.05, 0) is 13.0 Å². The molecule has 3 amide bonds. The monoisotopic (exact) mass is 381 g/mol. The third-order valence-corrected chi connectivity index (χ3v) is 4.68. The minimum Gasteiger partial charge on any atom is -0.493 e. The number of nitrogens with one attached hydrogen (secondary N) is 2. The zero-order valence-electron chi connectivity index (χ0n) is 15.4. The molecule has 1 aromatic carbocycles. The molecule has 0 saturated carbocycles. The second-order valence-corrected chi connectivity index (χ2v) is 6.85. The number of amides is 3. The molecule has 2 unspecified atom stereocenters. The zero-order valence-corrected chi connectivity index (χ0v) is 15.4. The number of urea groups is 1. The van der Waals surface area contributed by atoms with E-state index >= 15 is 0 Å². The Morgan fingerprint density at radius 3 is 2.82 bits per heavy atom. The normalized spacial score (nSPS) is 22.0. The molecule has 4 rings (SSSR count). The molecule has 2 aliphatic heterocycles. The average molecular weight is 381 g/mol. The minimum atomic E-state index is -0.718. The first-order valence-corrected chi connectivity index (χ1v) is 8.64. The lowest BCUT2D eigenvalue weighted by Gasteiger charge is -2.35. The van der Waals surface area contributed by atoms with Crippen LogP contribution in [0.25, 0.3) is 10.9 Å². The number of carbonyl (C=O) groups is 2. The number of para-hydroxylation sites is 1. The molecule has 0 aliphatic carbocycles. The Morgan fingerprint density at radius 1 is 1.32 bits per heavy atom. The molecule has 10 nitrogen and oxygen atoms in total. The third kappa shape index (κ3) is 2.79. The maximum Gasteiger partial charge on any atom is 0.325 e. The molecule has 10 heteroatoms. The number of aromatic hydroxyl groups is 1. The molecule has 28 heavy (non-hydrogen) atoms. The first kappa shape index (κ1) is 17.7. The molecule has 144 valence electrons. The SMILES string of the molecule is C=C(C)CN1C(N=Nc2c(O)[nH]c3ccccc23)=NC2C1C(=O)NC(=O)N2C. The molecule has 2 aliphatic rings. The van der Waals surface area contributed by atoms with Crippen molar-refractivity contribution in [3.63, 3.8) is 0 Å². The smallest absolute Gasteiger partial charge is 0.325 e. The topological polar surface area (TPSA) is 126 Å². The highest BCUT2D eigenvalue weighted by Gasteiger charge is 2.48. The summed E-state index contributed by atoms with van der Waals surface area (Å²) in [5.74, 6) is -0.366. The number of imide groups is 1. The molecule has 0 radical (unpaired) electrons. The van der Waals surface area contributed by atoms with Gasteiger partial charge in [0.25, 0.3) is 5.91 Å². The summed E-state index contributed by atoms with van der Waals surface area (Å²) in [6, 6.07) is 6.05. The zero-order chi connectivity index (χ0) is 20.0. The predicted molar refractivity (Wildman–Crippen MR) is 102 cm³/mol. The Bertz CT molecular complexity index is 1050. The Hall–Kier alpha value is -3.69. The van der Waals surface area contributed by atoms with Gasteiger partial charge in [0, 0.05) is 19.0 Å². The maximum atomic E-state index is 12.4. The summed E-state index contributed by atoms with van der Waals surface area (Å²) >= 11 is 0. The third-order valence-electron chi connectivity index (χ3n) is 4.68. The number of guanidine groups is 1. The first-order chi connectivity index (χ1) is 13.4. The molecule has 3 heterocycles. The van der Waals surface area contributed by atoms with Gasteiger partial charge in [-0.15, -0.1) is 10.2 Å². The Labute approximate surface area is 160 Å². The van der Waals surface area contributed by atoms with Crippen LogP contribution in [0.2, 0.25) is 0 Å². The van der Waals surface area contributed by atoms with Crippen molar-refractivity contribution in [2.24, 2.45) is 15.2 Å². The van der Waals surface area contributed by atoms with E-state index in [1.807, 2.05) is 31.2 Å². The van der Waals surface area contributed by atoms with Crippen molar-refractivity contribution >= 4 is 34.5 Å². The van der Waals surface area contributed by atoms with Crippen molar-refractivity contribution in [3.05, 3.63) is 36.4 Å². The summed E-state index contributed by atoms with van der Waals surface area (Å²) in [5.41, 5.74) is 1.79.